The summed E-state index contributed by atoms with van der Waals surface area (Å²) in [4.78, 5) is 0. The number of rotatable bonds is 3. The molecule has 0 saturated carbocycles. The summed E-state index contributed by atoms with van der Waals surface area (Å²) in [5, 5.41) is 10.3. The van der Waals surface area contributed by atoms with E-state index in [1.54, 1.807) is 0 Å². The van der Waals surface area contributed by atoms with Gasteiger partial charge in [-0.15, -0.1) is 0 Å². The predicted molar refractivity (Wildman–Crippen MR) is 94.7 cm³/mol. The second-order valence-corrected chi connectivity index (χ2v) is 7.36. The Morgan fingerprint density at radius 1 is 1.00 bits per heavy atom. The van der Waals surface area contributed by atoms with Crippen molar-refractivity contribution in [2.24, 2.45) is 0 Å². The summed E-state index contributed by atoms with van der Waals surface area (Å²) in [6.45, 7) is 0. The minimum Gasteiger partial charge on any atom is -0.388 e. The van der Waals surface area contributed by atoms with Crippen LogP contribution in [0.3, 0.4) is 0 Å². The molecule has 1 nitrogen and oxygen atoms in total. The second-order valence-electron chi connectivity index (χ2n) is 4.01. The Labute approximate surface area is 142 Å². The molecule has 2 aromatic carbocycles. The molecule has 94 valence electrons. The minimum absolute atomic E-state index is 0.478. The summed E-state index contributed by atoms with van der Waals surface area (Å²) in [5.41, 5.74) is 2.09. The molecule has 0 bridgehead atoms. The predicted octanol–water partition coefficient (Wildman–Crippen LogP) is 4.93. The minimum atomic E-state index is -0.478. The van der Waals surface area contributed by atoms with E-state index in [0.29, 0.717) is 6.42 Å². The lowest BCUT2D eigenvalue weighted by molar-refractivity contribution is 0.177. The quantitative estimate of drug-likeness (QED) is 0.560. The molecule has 18 heavy (non-hydrogen) atoms. The van der Waals surface area contributed by atoms with E-state index in [-0.39, 0.29) is 0 Å². The maximum Gasteiger partial charge on any atom is 0.0841 e. The molecular formula is C14H11BrI2O. The third kappa shape index (κ3) is 3.91. The first-order valence-electron chi connectivity index (χ1n) is 5.44. The van der Waals surface area contributed by atoms with Gasteiger partial charge < -0.3 is 5.11 Å². The molecule has 1 unspecified atom stereocenters. The number of benzene rings is 2. The Morgan fingerprint density at radius 2 is 1.61 bits per heavy atom. The maximum absolute atomic E-state index is 10.3. The number of aliphatic hydroxyl groups is 1. The second kappa shape index (κ2) is 6.67. The SMILES string of the molecule is OC(Cc1ccc(I)cc1)c1cc(I)ccc1Br. The molecule has 0 aliphatic rings. The first kappa shape index (κ1) is 14.7. The van der Waals surface area contributed by atoms with Crippen LogP contribution in [0.4, 0.5) is 0 Å². The van der Waals surface area contributed by atoms with Gasteiger partial charge in [-0.25, -0.2) is 0 Å². The third-order valence-electron chi connectivity index (χ3n) is 2.66. The van der Waals surface area contributed by atoms with Gasteiger partial charge in [-0.2, -0.15) is 0 Å². The molecule has 0 aromatic heterocycles. The molecule has 0 heterocycles. The molecule has 0 fully saturated rings. The van der Waals surface area contributed by atoms with E-state index in [1.165, 1.54) is 3.57 Å². The lowest BCUT2D eigenvalue weighted by Gasteiger charge is -2.13. The van der Waals surface area contributed by atoms with Gasteiger partial charge in [0.15, 0.2) is 0 Å². The number of halogens is 3. The van der Waals surface area contributed by atoms with E-state index in [2.05, 4.69) is 85.4 Å². The molecule has 0 radical (unpaired) electrons. The highest BCUT2D eigenvalue weighted by atomic mass is 127. The highest BCUT2D eigenvalue weighted by Crippen LogP contribution is 2.27. The van der Waals surface area contributed by atoms with Crippen LogP contribution >= 0.6 is 61.1 Å². The zero-order valence-corrected chi connectivity index (χ0v) is 15.3. The smallest absolute Gasteiger partial charge is 0.0841 e. The number of hydrogen-bond acceptors (Lipinski definition) is 1. The lowest BCUT2D eigenvalue weighted by atomic mass is 10.0. The molecule has 1 N–H and O–H groups in total. The molecule has 0 spiro atoms. The summed E-state index contributed by atoms with van der Waals surface area (Å²) in [6, 6.07) is 14.3. The third-order valence-corrected chi connectivity index (χ3v) is 4.77. The topological polar surface area (TPSA) is 20.2 Å². The maximum atomic E-state index is 10.3. The Balaban J connectivity index is 2.18. The van der Waals surface area contributed by atoms with Gasteiger partial charge in [-0.1, -0.05) is 28.1 Å². The molecular weight excluding hydrogens is 518 g/mol. The van der Waals surface area contributed by atoms with Crippen LogP contribution in [0.5, 0.6) is 0 Å². The van der Waals surface area contributed by atoms with Crippen LogP contribution in [0.25, 0.3) is 0 Å². The molecule has 4 heteroatoms. The highest BCUT2D eigenvalue weighted by Gasteiger charge is 2.12. The van der Waals surface area contributed by atoms with E-state index < -0.39 is 6.10 Å². The van der Waals surface area contributed by atoms with E-state index >= 15 is 0 Å². The zero-order valence-electron chi connectivity index (χ0n) is 9.41. The van der Waals surface area contributed by atoms with Crippen molar-refractivity contribution in [1.29, 1.82) is 0 Å². The summed E-state index contributed by atoms with van der Waals surface area (Å²) < 4.78 is 3.30. The van der Waals surface area contributed by atoms with E-state index in [4.69, 9.17) is 0 Å². The van der Waals surface area contributed by atoms with Crippen LogP contribution < -0.4 is 0 Å². The standard InChI is InChI=1S/C14H11BrI2O/c15-13-6-5-11(17)8-12(13)14(18)7-9-1-3-10(16)4-2-9/h1-6,8,14,18H,7H2. The molecule has 2 aromatic rings. The number of hydrogen-bond donors (Lipinski definition) is 1. The van der Waals surface area contributed by atoms with E-state index in [1.807, 2.05) is 18.2 Å². The van der Waals surface area contributed by atoms with Crippen molar-refractivity contribution in [2.45, 2.75) is 12.5 Å². The van der Waals surface area contributed by atoms with Crippen molar-refractivity contribution < 1.29 is 5.11 Å². The largest absolute Gasteiger partial charge is 0.388 e. The van der Waals surface area contributed by atoms with Crippen LogP contribution in [-0.2, 0) is 6.42 Å². The average Bonchev–Trinajstić information content (AvgIpc) is 2.35. The van der Waals surface area contributed by atoms with Crippen molar-refractivity contribution >= 4 is 61.1 Å². The molecule has 2 rings (SSSR count). The Morgan fingerprint density at radius 3 is 2.28 bits per heavy atom. The summed E-state index contributed by atoms with van der Waals surface area (Å²) in [6.07, 6.45) is 0.157. The summed E-state index contributed by atoms with van der Waals surface area (Å²) in [7, 11) is 0. The van der Waals surface area contributed by atoms with Crippen LogP contribution in [0, 0.1) is 7.14 Å². The van der Waals surface area contributed by atoms with Gasteiger partial charge >= 0.3 is 0 Å². The molecule has 0 aliphatic heterocycles. The van der Waals surface area contributed by atoms with Gasteiger partial charge in [-0.05, 0) is 86.6 Å². The normalized spacial score (nSPS) is 12.4. The summed E-state index contributed by atoms with van der Waals surface area (Å²) in [5.74, 6) is 0. The average molecular weight is 529 g/mol. The van der Waals surface area contributed by atoms with Crippen LogP contribution in [0.1, 0.15) is 17.2 Å². The van der Waals surface area contributed by atoms with Crippen molar-refractivity contribution in [3.05, 3.63) is 65.2 Å². The van der Waals surface area contributed by atoms with Gasteiger partial charge in [0.25, 0.3) is 0 Å². The van der Waals surface area contributed by atoms with Crippen molar-refractivity contribution in [3.63, 3.8) is 0 Å². The Hall–Kier alpha value is 0.340. The van der Waals surface area contributed by atoms with Crippen molar-refractivity contribution in [3.8, 4) is 0 Å². The summed E-state index contributed by atoms with van der Waals surface area (Å²) >= 11 is 8.03. The van der Waals surface area contributed by atoms with Gasteiger partial charge in [0, 0.05) is 18.0 Å². The first-order chi connectivity index (χ1) is 8.56. The zero-order chi connectivity index (χ0) is 13.1. The van der Waals surface area contributed by atoms with Gasteiger partial charge in [0.2, 0.25) is 0 Å². The van der Waals surface area contributed by atoms with Crippen LogP contribution in [0.2, 0.25) is 0 Å². The first-order valence-corrected chi connectivity index (χ1v) is 8.39. The molecule has 0 saturated heterocycles. The molecule has 0 aliphatic carbocycles. The fraction of sp³-hybridized carbons (Fsp3) is 0.143. The van der Waals surface area contributed by atoms with Crippen LogP contribution in [-0.4, -0.2) is 5.11 Å². The van der Waals surface area contributed by atoms with Crippen molar-refractivity contribution in [1.82, 2.24) is 0 Å². The molecule has 1 atom stereocenters. The fourth-order valence-electron chi connectivity index (χ4n) is 1.72. The van der Waals surface area contributed by atoms with Crippen LogP contribution in [0.15, 0.2) is 46.9 Å². The van der Waals surface area contributed by atoms with Gasteiger partial charge in [-0.3, -0.25) is 0 Å². The Kier molecular flexibility index (Phi) is 5.47. The lowest BCUT2D eigenvalue weighted by Crippen LogP contribution is -2.03. The van der Waals surface area contributed by atoms with E-state index in [0.717, 1.165) is 19.2 Å². The highest BCUT2D eigenvalue weighted by molar-refractivity contribution is 14.1. The monoisotopic (exact) mass is 528 g/mol. The fourth-order valence-corrected chi connectivity index (χ4v) is 3.11. The van der Waals surface area contributed by atoms with E-state index in [9.17, 15) is 5.11 Å². The van der Waals surface area contributed by atoms with Gasteiger partial charge in [0.1, 0.15) is 0 Å². The molecule has 0 amide bonds. The number of aliphatic hydroxyl groups excluding tert-OH is 1. The van der Waals surface area contributed by atoms with Crippen molar-refractivity contribution in [2.75, 3.05) is 0 Å². The van der Waals surface area contributed by atoms with Gasteiger partial charge in [0.05, 0.1) is 6.10 Å². The Bertz CT molecular complexity index is 540.